The predicted octanol–water partition coefficient (Wildman–Crippen LogP) is 6.32. The maximum atomic E-state index is 13.7. The second kappa shape index (κ2) is 10.7. The van der Waals surface area contributed by atoms with Gasteiger partial charge in [0.15, 0.2) is 0 Å². The molecule has 0 amide bonds. The normalized spacial score (nSPS) is 12.4. The van der Waals surface area contributed by atoms with Gasteiger partial charge in [-0.1, -0.05) is 76.1 Å². The van der Waals surface area contributed by atoms with Crippen molar-refractivity contribution in [3.8, 4) is 11.1 Å². The number of unbranched alkanes of at least 4 members (excludes halogenated alkanes) is 2. The van der Waals surface area contributed by atoms with Gasteiger partial charge in [0, 0.05) is 11.3 Å². The first-order valence-corrected chi connectivity index (χ1v) is 11.1. The first kappa shape index (κ1) is 23.1. The van der Waals surface area contributed by atoms with E-state index in [1.807, 2.05) is 44.2 Å². The number of halogens is 1. The first-order chi connectivity index (χ1) is 15.0. The molecule has 1 atom stereocenters. The zero-order valence-corrected chi connectivity index (χ0v) is 18.6. The molecule has 0 aliphatic rings. The van der Waals surface area contributed by atoms with Gasteiger partial charge in [0.2, 0.25) is 0 Å². The van der Waals surface area contributed by atoms with E-state index in [0.29, 0.717) is 5.69 Å². The van der Waals surface area contributed by atoms with E-state index in [-0.39, 0.29) is 18.3 Å². The van der Waals surface area contributed by atoms with Crippen LogP contribution in [-0.2, 0) is 13.0 Å². The van der Waals surface area contributed by atoms with E-state index < -0.39 is 6.10 Å². The van der Waals surface area contributed by atoms with Gasteiger partial charge in [-0.2, -0.15) is 0 Å². The molecule has 2 N–H and O–H groups in total. The highest BCUT2D eigenvalue weighted by atomic mass is 19.1. The molecule has 2 aromatic carbocycles. The summed E-state index contributed by atoms with van der Waals surface area (Å²) in [5, 5.41) is 21.7. The third-order valence-electron chi connectivity index (χ3n) is 5.71. The molecule has 164 valence electrons. The molecule has 0 saturated heterocycles. The molecule has 0 aliphatic heterocycles. The monoisotopic (exact) mass is 421 g/mol. The molecule has 3 aromatic rings. The Bertz CT molecular complexity index is 984. The number of nitrogens with zero attached hydrogens (tertiary/aromatic N) is 1. The van der Waals surface area contributed by atoms with E-state index in [0.717, 1.165) is 59.2 Å². The van der Waals surface area contributed by atoms with Crippen LogP contribution in [0.4, 0.5) is 4.39 Å². The highest BCUT2D eigenvalue weighted by Gasteiger charge is 2.26. The topological polar surface area (TPSA) is 53.4 Å². The molecule has 3 rings (SSSR count). The summed E-state index contributed by atoms with van der Waals surface area (Å²) < 4.78 is 13.7. The first-order valence-electron chi connectivity index (χ1n) is 11.1. The molecule has 3 nitrogen and oxygen atoms in total. The minimum atomic E-state index is -0.873. The fraction of sp³-hybridized carbons (Fsp3) is 0.370. The molecular weight excluding hydrogens is 389 g/mol. The van der Waals surface area contributed by atoms with Crippen LogP contribution in [0.2, 0.25) is 0 Å². The molecule has 0 spiro atoms. The lowest BCUT2D eigenvalue weighted by molar-refractivity contribution is 0.213. The van der Waals surface area contributed by atoms with E-state index in [4.69, 9.17) is 4.98 Å². The largest absolute Gasteiger partial charge is 0.392 e. The van der Waals surface area contributed by atoms with Gasteiger partial charge in [-0.25, -0.2) is 4.39 Å². The maximum absolute atomic E-state index is 13.7. The molecule has 0 aliphatic carbocycles. The molecule has 1 unspecified atom stereocenters. The van der Waals surface area contributed by atoms with Gasteiger partial charge in [-0.15, -0.1) is 0 Å². The Kier molecular flexibility index (Phi) is 7.94. The Morgan fingerprint density at radius 1 is 0.903 bits per heavy atom. The standard InChI is InChI=1S/C27H32FNO2/c1-4-5-7-12-22-24(19-13-15-21(28)16-14-19)23(17-30)25(18(2)3)29-26(22)27(31)20-10-8-6-9-11-20/h6,8-11,13-16,18,27,30-31H,4-5,7,12,17H2,1-3H3. The van der Waals surface area contributed by atoms with E-state index >= 15 is 0 Å². The van der Waals surface area contributed by atoms with Crippen LogP contribution < -0.4 is 0 Å². The molecule has 0 radical (unpaired) electrons. The predicted molar refractivity (Wildman–Crippen MR) is 123 cm³/mol. The SMILES string of the molecule is CCCCCc1c(C(O)c2ccccc2)nc(C(C)C)c(CO)c1-c1ccc(F)cc1. The van der Waals surface area contributed by atoms with Crippen LogP contribution in [0.3, 0.4) is 0 Å². The molecule has 0 saturated carbocycles. The van der Waals surface area contributed by atoms with Crippen molar-refractivity contribution in [2.45, 2.75) is 65.1 Å². The molecule has 31 heavy (non-hydrogen) atoms. The average Bonchev–Trinajstić information content (AvgIpc) is 2.79. The van der Waals surface area contributed by atoms with Crippen molar-refractivity contribution in [2.24, 2.45) is 0 Å². The summed E-state index contributed by atoms with van der Waals surface area (Å²) in [6.45, 7) is 6.06. The summed E-state index contributed by atoms with van der Waals surface area (Å²) in [6.07, 6.45) is 2.95. The third kappa shape index (κ3) is 5.20. The summed E-state index contributed by atoms with van der Waals surface area (Å²) in [5.41, 5.74) is 5.59. The van der Waals surface area contributed by atoms with Crippen LogP contribution >= 0.6 is 0 Å². The Balaban J connectivity index is 2.30. The van der Waals surface area contributed by atoms with E-state index in [2.05, 4.69) is 6.92 Å². The molecule has 0 bridgehead atoms. The van der Waals surface area contributed by atoms with Crippen molar-refractivity contribution in [2.75, 3.05) is 0 Å². The van der Waals surface area contributed by atoms with Crippen LogP contribution in [0.1, 0.15) is 80.1 Å². The van der Waals surface area contributed by atoms with E-state index in [9.17, 15) is 14.6 Å². The Morgan fingerprint density at radius 3 is 2.16 bits per heavy atom. The van der Waals surface area contributed by atoms with Gasteiger partial charge in [0.05, 0.1) is 12.3 Å². The number of hydrogen-bond acceptors (Lipinski definition) is 3. The van der Waals surface area contributed by atoms with Crippen LogP contribution in [0.15, 0.2) is 54.6 Å². The number of rotatable bonds is 9. The van der Waals surface area contributed by atoms with Crippen LogP contribution in [0, 0.1) is 5.82 Å². The number of aromatic nitrogens is 1. The maximum Gasteiger partial charge on any atom is 0.123 e. The number of hydrogen-bond donors (Lipinski definition) is 2. The van der Waals surface area contributed by atoms with Gasteiger partial charge in [0.25, 0.3) is 0 Å². The molecule has 1 heterocycles. The minimum Gasteiger partial charge on any atom is -0.392 e. The lowest BCUT2D eigenvalue weighted by Crippen LogP contribution is -2.15. The highest BCUT2D eigenvalue weighted by molar-refractivity contribution is 5.73. The van der Waals surface area contributed by atoms with Gasteiger partial charge < -0.3 is 10.2 Å². The van der Waals surface area contributed by atoms with E-state index in [1.54, 1.807) is 12.1 Å². The van der Waals surface area contributed by atoms with Gasteiger partial charge in [-0.3, -0.25) is 4.98 Å². The van der Waals surface area contributed by atoms with Gasteiger partial charge >= 0.3 is 0 Å². The van der Waals surface area contributed by atoms with Gasteiger partial charge in [0.1, 0.15) is 11.9 Å². The molecule has 0 fully saturated rings. The summed E-state index contributed by atoms with van der Waals surface area (Å²) in [6, 6.07) is 15.9. The van der Waals surface area contributed by atoms with E-state index in [1.165, 1.54) is 12.1 Å². The quantitative estimate of drug-likeness (QED) is 0.398. The number of pyridine rings is 1. The van der Waals surface area contributed by atoms with Crippen molar-refractivity contribution in [1.29, 1.82) is 0 Å². The van der Waals surface area contributed by atoms with Crippen LogP contribution in [-0.4, -0.2) is 15.2 Å². The zero-order chi connectivity index (χ0) is 22.4. The number of aliphatic hydroxyl groups excluding tert-OH is 2. The van der Waals surface area contributed by atoms with Crippen molar-refractivity contribution >= 4 is 0 Å². The molecular formula is C27H32FNO2. The lowest BCUT2D eigenvalue weighted by Gasteiger charge is -2.25. The van der Waals surface area contributed by atoms with Crippen molar-refractivity contribution in [1.82, 2.24) is 4.98 Å². The summed E-state index contributed by atoms with van der Waals surface area (Å²) >= 11 is 0. The smallest absolute Gasteiger partial charge is 0.123 e. The van der Waals surface area contributed by atoms with Crippen LogP contribution in [0.25, 0.3) is 11.1 Å². The van der Waals surface area contributed by atoms with Crippen molar-refractivity contribution in [3.63, 3.8) is 0 Å². The fourth-order valence-electron chi connectivity index (χ4n) is 4.13. The third-order valence-corrected chi connectivity index (χ3v) is 5.71. The minimum absolute atomic E-state index is 0.0627. The average molecular weight is 422 g/mol. The zero-order valence-electron chi connectivity index (χ0n) is 18.6. The Morgan fingerprint density at radius 2 is 1.58 bits per heavy atom. The number of aliphatic hydroxyl groups is 2. The molecule has 1 aromatic heterocycles. The van der Waals surface area contributed by atoms with Crippen molar-refractivity contribution in [3.05, 3.63) is 88.5 Å². The highest BCUT2D eigenvalue weighted by Crippen LogP contribution is 2.38. The number of benzene rings is 2. The summed E-state index contributed by atoms with van der Waals surface area (Å²) in [4.78, 5) is 4.92. The Hall–Kier alpha value is -2.56. The second-order valence-electron chi connectivity index (χ2n) is 8.30. The summed E-state index contributed by atoms with van der Waals surface area (Å²) in [7, 11) is 0. The molecule has 4 heteroatoms. The second-order valence-corrected chi connectivity index (χ2v) is 8.30. The van der Waals surface area contributed by atoms with Crippen LogP contribution in [0.5, 0.6) is 0 Å². The van der Waals surface area contributed by atoms with Gasteiger partial charge in [-0.05, 0) is 53.1 Å². The lowest BCUT2D eigenvalue weighted by atomic mass is 9.85. The fourth-order valence-corrected chi connectivity index (χ4v) is 4.13. The summed E-state index contributed by atoms with van der Waals surface area (Å²) in [5.74, 6) is -0.239. The Labute approximate surface area is 184 Å². The van der Waals surface area contributed by atoms with Crippen molar-refractivity contribution < 1.29 is 14.6 Å².